The van der Waals surface area contributed by atoms with Crippen LogP contribution in [0.15, 0.2) is 36.5 Å². The number of rotatable bonds is 1. The fraction of sp³-hybridized carbons (Fsp3) is 0.200. The molecule has 0 radical (unpaired) electrons. The summed E-state index contributed by atoms with van der Waals surface area (Å²) < 4.78 is 23.0. The molecule has 1 aliphatic rings. The topological polar surface area (TPSA) is 60.4 Å². The molecule has 80 valence electrons. The van der Waals surface area contributed by atoms with E-state index in [4.69, 9.17) is 0 Å². The average Bonchev–Trinajstić information content (AvgIpc) is 2.17. The van der Waals surface area contributed by atoms with Gasteiger partial charge < -0.3 is 10.3 Å². The molecule has 1 aromatic rings. The molecule has 1 aliphatic heterocycles. The Balaban J connectivity index is 2.61. The van der Waals surface area contributed by atoms with E-state index in [-0.39, 0.29) is 0 Å². The minimum atomic E-state index is -3.22. The molecular weight excluding hydrogens is 214 g/mol. The number of fused-ring (bicyclic) bond motifs is 1. The van der Waals surface area contributed by atoms with Gasteiger partial charge in [0.05, 0.1) is 0 Å². The predicted octanol–water partition coefficient (Wildman–Crippen LogP) is 1.60. The summed E-state index contributed by atoms with van der Waals surface area (Å²) in [7, 11) is -3.22. The van der Waals surface area contributed by atoms with Crippen molar-refractivity contribution < 1.29 is 8.42 Å². The molecule has 1 atom stereocenters. The summed E-state index contributed by atoms with van der Waals surface area (Å²) in [5.41, 5.74) is 0.938. The first-order valence-electron chi connectivity index (χ1n) is 4.42. The smallest absolute Gasteiger partial charge is 0.158 e. The fourth-order valence-electron chi connectivity index (χ4n) is 1.64. The molecule has 0 amide bonds. The first-order chi connectivity index (χ1) is 7.00. The van der Waals surface area contributed by atoms with E-state index in [1.807, 2.05) is 0 Å². The molecule has 0 bridgehead atoms. The number of sulfone groups is 1. The molecule has 2 rings (SSSR count). The number of hydroxylamine groups is 1. The van der Waals surface area contributed by atoms with Gasteiger partial charge in [0.25, 0.3) is 0 Å². The van der Waals surface area contributed by atoms with Gasteiger partial charge in [-0.3, -0.25) is 0 Å². The minimum Gasteiger partial charge on any atom is -0.754 e. The highest BCUT2D eigenvalue weighted by molar-refractivity contribution is 7.91. The van der Waals surface area contributed by atoms with Crippen molar-refractivity contribution in [1.29, 1.82) is 0 Å². The van der Waals surface area contributed by atoms with Crippen molar-refractivity contribution in [2.24, 2.45) is 0 Å². The van der Waals surface area contributed by atoms with E-state index >= 15 is 0 Å². The van der Waals surface area contributed by atoms with Gasteiger partial charge >= 0.3 is 0 Å². The van der Waals surface area contributed by atoms with Crippen LogP contribution in [-0.2, 0) is 9.84 Å². The van der Waals surface area contributed by atoms with Crippen LogP contribution in [-0.4, -0.2) is 14.7 Å². The maximum Gasteiger partial charge on any atom is 0.158 e. The highest BCUT2D eigenvalue weighted by atomic mass is 32.2. The van der Waals surface area contributed by atoms with E-state index in [9.17, 15) is 13.6 Å². The molecule has 0 spiro atoms. The maximum atomic E-state index is 11.5. The molecule has 0 aromatic heterocycles. The van der Waals surface area contributed by atoms with Crippen LogP contribution in [0.5, 0.6) is 0 Å². The molecule has 0 saturated heterocycles. The van der Waals surface area contributed by atoms with Crippen molar-refractivity contribution in [1.82, 2.24) is 0 Å². The Morgan fingerprint density at radius 3 is 2.67 bits per heavy atom. The summed E-state index contributed by atoms with van der Waals surface area (Å²) in [5.74, 6) is 0. The van der Waals surface area contributed by atoms with Crippen LogP contribution < -0.4 is 5.06 Å². The highest BCUT2D eigenvalue weighted by Crippen LogP contribution is 2.35. The average molecular weight is 224 g/mol. The molecular formula is C10H10NO3S-. The lowest BCUT2D eigenvalue weighted by atomic mass is 10.1. The highest BCUT2D eigenvalue weighted by Gasteiger charge is 2.25. The summed E-state index contributed by atoms with van der Waals surface area (Å²) in [5, 5.41) is 11.4. The third kappa shape index (κ3) is 1.75. The van der Waals surface area contributed by atoms with Crippen LogP contribution in [0.1, 0.15) is 10.8 Å². The molecule has 1 heterocycles. The lowest BCUT2D eigenvalue weighted by Crippen LogP contribution is -2.19. The number of nitrogens with zero attached hydrogens (tertiary/aromatic N) is 1. The zero-order chi connectivity index (χ0) is 11.1. The van der Waals surface area contributed by atoms with Crippen LogP contribution in [0, 0.1) is 5.21 Å². The van der Waals surface area contributed by atoms with Gasteiger partial charge in [-0.05, 0) is 23.9 Å². The molecule has 1 unspecified atom stereocenters. The van der Waals surface area contributed by atoms with Crippen molar-refractivity contribution in [3.63, 3.8) is 0 Å². The summed E-state index contributed by atoms with van der Waals surface area (Å²) in [6, 6.07) is 6.71. The predicted molar refractivity (Wildman–Crippen MR) is 59.0 cm³/mol. The van der Waals surface area contributed by atoms with Crippen LogP contribution in [0.25, 0.3) is 0 Å². The van der Waals surface area contributed by atoms with E-state index < -0.39 is 15.1 Å². The first kappa shape index (κ1) is 10.2. The second-order valence-electron chi connectivity index (χ2n) is 3.48. The summed E-state index contributed by atoms with van der Waals surface area (Å²) >= 11 is 0. The number of anilines is 1. The summed E-state index contributed by atoms with van der Waals surface area (Å²) in [4.78, 5) is 0. The second kappa shape index (κ2) is 3.36. The number of hydrogen-bond acceptors (Lipinski definition) is 4. The van der Waals surface area contributed by atoms with Crippen LogP contribution in [0.2, 0.25) is 0 Å². The zero-order valence-corrected chi connectivity index (χ0v) is 8.94. The van der Waals surface area contributed by atoms with Crippen LogP contribution in [0.3, 0.4) is 0 Å². The standard InChI is InChI=1S/C10H10NO3S/c1-15(13,14)10-6-7-11(12)9-5-3-2-4-8(9)10/h2-7,10H,1H3/q-1. The third-order valence-electron chi connectivity index (χ3n) is 2.34. The first-order valence-corrected chi connectivity index (χ1v) is 6.38. The van der Waals surface area contributed by atoms with Gasteiger partial charge in [-0.15, -0.1) is 0 Å². The van der Waals surface area contributed by atoms with Crippen molar-refractivity contribution >= 4 is 15.5 Å². The Morgan fingerprint density at radius 2 is 2.00 bits per heavy atom. The van der Waals surface area contributed by atoms with Crippen molar-refractivity contribution in [2.75, 3.05) is 11.3 Å². The SMILES string of the molecule is CS(=O)(=O)C1C=CN([O-])c2ccccc21. The Labute approximate surface area is 88.3 Å². The van der Waals surface area contributed by atoms with Crippen molar-refractivity contribution in [3.05, 3.63) is 47.3 Å². The molecule has 0 aliphatic carbocycles. The van der Waals surface area contributed by atoms with Gasteiger partial charge in [0.2, 0.25) is 0 Å². The van der Waals surface area contributed by atoms with Crippen LogP contribution in [0.4, 0.5) is 5.69 Å². The van der Waals surface area contributed by atoms with Crippen molar-refractivity contribution in [3.8, 4) is 0 Å². The molecule has 0 N–H and O–H groups in total. The summed E-state index contributed by atoms with van der Waals surface area (Å²) in [6.45, 7) is 0. The monoisotopic (exact) mass is 224 g/mol. The Kier molecular flexibility index (Phi) is 2.28. The van der Waals surface area contributed by atoms with Gasteiger partial charge in [0.1, 0.15) is 5.25 Å². The third-order valence-corrected chi connectivity index (χ3v) is 3.67. The van der Waals surface area contributed by atoms with Crippen LogP contribution >= 0.6 is 0 Å². The van der Waals surface area contributed by atoms with E-state index in [2.05, 4.69) is 0 Å². The molecule has 1 aromatic carbocycles. The summed E-state index contributed by atoms with van der Waals surface area (Å²) in [6.07, 6.45) is 3.82. The largest absolute Gasteiger partial charge is 0.754 e. The van der Waals surface area contributed by atoms with Gasteiger partial charge in [-0.25, -0.2) is 8.42 Å². The molecule has 15 heavy (non-hydrogen) atoms. The van der Waals surface area contributed by atoms with E-state index in [0.29, 0.717) is 16.3 Å². The second-order valence-corrected chi connectivity index (χ2v) is 5.64. The molecule has 0 fully saturated rings. The van der Waals surface area contributed by atoms with Gasteiger partial charge in [-0.2, -0.15) is 0 Å². The fourth-order valence-corrected chi connectivity index (χ4v) is 2.66. The number of hydrogen-bond donors (Lipinski definition) is 0. The zero-order valence-electron chi connectivity index (χ0n) is 8.12. The van der Waals surface area contributed by atoms with E-state index in [1.165, 1.54) is 18.5 Å². The Hall–Kier alpha value is -1.33. The van der Waals surface area contributed by atoms with E-state index in [1.54, 1.807) is 24.3 Å². The van der Waals surface area contributed by atoms with Gasteiger partial charge in [-0.1, -0.05) is 18.2 Å². The lowest BCUT2D eigenvalue weighted by molar-refractivity contribution is 0.596. The van der Waals surface area contributed by atoms with Crippen molar-refractivity contribution in [2.45, 2.75) is 5.25 Å². The molecule has 5 heteroatoms. The van der Waals surface area contributed by atoms with E-state index in [0.717, 1.165) is 0 Å². The number of benzene rings is 1. The Bertz CT molecular complexity index is 507. The minimum absolute atomic E-state index is 0.399. The molecule has 4 nitrogen and oxygen atoms in total. The lowest BCUT2D eigenvalue weighted by Gasteiger charge is -2.34. The van der Waals surface area contributed by atoms with Gasteiger partial charge in [0, 0.05) is 11.9 Å². The normalized spacial score (nSPS) is 20.1. The maximum absolute atomic E-state index is 11.5. The Morgan fingerprint density at radius 1 is 1.33 bits per heavy atom. The van der Waals surface area contributed by atoms with Gasteiger partial charge in [0.15, 0.2) is 9.84 Å². The molecule has 0 saturated carbocycles. The quantitative estimate of drug-likeness (QED) is 0.727. The number of para-hydroxylation sites is 1.